The number of hydrogen-bond donors (Lipinski definition) is 0. The van der Waals surface area contributed by atoms with Gasteiger partial charge in [0.1, 0.15) is 5.92 Å². The van der Waals surface area contributed by atoms with Crippen LogP contribution < -0.4 is 5.06 Å². The summed E-state index contributed by atoms with van der Waals surface area (Å²) >= 11 is 0. The fraction of sp³-hybridized carbons (Fsp3) is 0.200. The van der Waals surface area contributed by atoms with Crippen LogP contribution in [0.15, 0.2) is 66.7 Å². The zero-order chi connectivity index (χ0) is 17.4. The Hall–Kier alpha value is -2.92. The van der Waals surface area contributed by atoms with Crippen molar-refractivity contribution < 1.29 is 14.4 Å². The lowest BCUT2D eigenvalue weighted by atomic mass is 9.95. The molecule has 3 unspecified atom stereocenters. The van der Waals surface area contributed by atoms with Gasteiger partial charge in [-0.1, -0.05) is 60.7 Å². The molecule has 2 aromatic rings. The molecule has 0 N–H and O–H groups in total. The Morgan fingerprint density at radius 2 is 1.56 bits per heavy atom. The van der Waals surface area contributed by atoms with Crippen LogP contribution in [0, 0.1) is 5.92 Å². The normalized spacial score (nSPS) is 25.9. The van der Waals surface area contributed by atoms with Crippen molar-refractivity contribution in [1.29, 1.82) is 0 Å². The maximum absolute atomic E-state index is 12.6. The molecule has 5 nitrogen and oxygen atoms in total. The highest BCUT2D eigenvalue weighted by Crippen LogP contribution is 2.38. The van der Waals surface area contributed by atoms with Gasteiger partial charge in [-0.05, 0) is 17.7 Å². The topological polar surface area (TPSA) is 49.9 Å². The Morgan fingerprint density at radius 3 is 2.24 bits per heavy atom. The van der Waals surface area contributed by atoms with Gasteiger partial charge < -0.3 is 0 Å². The Bertz CT molecular complexity index is 819. The van der Waals surface area contributed by atoms with Gasteiger partial charge in [-0.25, -0.2) is 5.06 Å². The minimum atomic E-state index is -0.761. The molecule has 2 fully saturated rings. The van der Waals surface area contributed by atoms with Gasteiger partial charge in [-0.2, -0.15) is 0 Å². The van der Waals surface area contributed by atoms with Crippen molar-refractivity contribution in [2.45, 2.75) is 12.1 Å². The Morgan fingerprint density at radius 1 is 0.920 bits per heavy atom. The zero-order valence-electron chi connectivity index (χ0n) is 13.8. The molecule has 0 aliphatic carbocycles. The van der Waals surface area contributed by atoms with Crippen molar-refractivity contribution in [2.24, 2.45) is 5.92 Å². The first-order chi connectivity index (χ1) is 12.2. The third-order valence-corrected chi connectivity index (χ3v) is 4.68. The number of imide groups is 1. The number of hydrogen-bond acceptors (Lipinski definition) is 4. The maximum atomic E-state index is 12.6. The van der Waals surface area contributed by atoms with E-state index in [2.05, 4.69) is 0 Å². The molecule has 2 saturated heterocycles. The number of anilines is 1. The van der Waals surface area contributed by atoms with Crippen LogP contribution in [0.3, 0.4) is 0 Å². The van der Waals surface area contributed by atoms with Gasteiger partial charge in [0.25, 0.3) is 5.91 Å². The van der Waals surface area contributed by atoms with Gasteiger partial charge in [0.05, 0.1) is 11.7 Å². The van der Waals surface area contributed by atoms with Crippen LogP contribution in [0.1, 0.15) is 5.56 Å². The van der Waals surface area contributed by atoms with E-state index in [1.165, 1.54) is 11.9 Å². The van der Waals surface area contributed by atoms with E-state index >= 15 is 0 Å². The summed E-state index contributed by atoms with van der Waals surface area (Å²) in [7, 11) is 1.51. The molecular weight excluding hydrogens is 316 g/mol. The van der Waals surface area contributed by atoms with E-state index in [9.17, 15) is 9.59 Å². The number of carbonyl (C=O) groups excluding carboxylic acids is 2. The predicted molar refractivity (Wildman–Crippen MR) is 94.3 cm³/mol. The smallest absolute Gasteiger partial charge is 0.261 e. The highest BCUT2D eigenvalue weighted by molar-refractivity contribution is 6.07. The summed E-state index contributed by atoms with van der Waals surface area (Å²) in [6.07, 6.45) is 3.14. The van der Waals surface area contributed by atoms with E-state index < -0.39 is 12.0 Å². The Labute approximate surface area is 146 Å². The van der Waals surface area contributed by atoms with Gasteiger partial charge in [0.2, 0.25) is 5.91 Å². The summed E-state index contributed by atoms with van der Waals surface area (Å²) in [5.74, 6) is -1.01. The molecule has 5 heteroatoms. The predicted octanol–water partition coefficient (Wildman–Crippen LogP) is 2.50. The van der Waals surface area contributed by atoms with Crippen LogP contribution in [-0.4, -0.2) is 35.9 Å². The van der Waals surface area contributed by atoms with Crippen LogP contribution in [0.4, 0.5) is 5.69 Å². The van der Waals surface area contributed by atoms with Crippen LogP contribution in [0.25, 0.3) is 6.08 Å². The van der Waals surface area contributed by atoms with Crippen molar-refractivity contribution in [2.75, 3.05) is 12.1 Å². The lowest BCUT2D eigenvalue weighted by Crippen LogP contribution is -2.37. The summed E-state index contributed by atoms with van der Waals surface area (Å²) in [6, 6.07) is 19.0. The minimum absolute atomic E-state index is 0.198. The van der Waals surface area contributed by atoms with E-state index in [0.29, 0.717) is 0 Å². The second-order valence-electron chi connectivity index (χ2n) is 6.21. The summed E-state index contributed by atoms with van der Waals surface area (Å²) in [5, 5.41) is 1.68. The van der Waals surface area contributed by atoms with Crippen LogP contribution in [-0.2, 0) is 14.4 Å². The van der Waals surface area contributed by atoms with E-state index in [1.807, 2.05) is 72.8 Å². The van der Waals surface area contributed by atoms with Gasteiger partial charge >= 0.3 is 0 Å². The SMILES string of the molecule is CN1C(=O)C2ON(c3ccccc3)C(/C=C/c3ccccc3)C2C1=O. The number of fused-ring (bicyclic) bond motifs is 1. The number of para-hydroxylation sites is 1. The first-order valence-electron chi connectivity index (χ1n) is 8.22. The van der Waals surface area contributed by atoms with Crippen LogP contribution >= 0.6 is 0 Å². The quantitative estimate of drug-likeness (QED) is 0.809. The number of benzene rings is 2. The number of likely N-dealkylation sites (tertiary alicyclic amines) is 1. The molecule has 0 saturated carbocycles. The Balaban J connectivity index is 1.71. The number of rotatable bonds is 3. The lowest BCUT2D eigenvalue weighted by molar-refractivity contribution is -0.141. The average Bonchev–Trinajstić information content (AvgIpc) is 3.14. The van der Waals surface area contributed by atoms with E-state index in [4.69, 9.17) is 4.84 Å². The minimum Gasteiger partial charge on any atom is -0.283 e. The fourth-order valence-electron chi connectivity index (χ4n) is 3.36. The zero-order valence-corrected chi connectivity index (χ0v) is 13.8. The molecule has 3 atom stereocenters. The summed E-state index contributed by atoms with van der Waals surface area (Å²) < 4.78 is 0. The molecule has 2 aliphatic rings. The van der Waals surface area contributed by atoms with Crippen LogP contribution in [0.5, 0.6) is 0 Å². The van der Waals surface area contributed by atoms with Gasteiger partial charge in [-0.3, -0.25) is 19.3 Å². The third kappa shape index (κ3) is 2.62. The van der Waals surface area contributed by atoms with Crippen LogP contribution in [0.2, 0.25) is 0 Å². The average molecular weight is 334 g/mol. The second kappa shape index (κ2) is 6.18. The summed E-state index contributed by atoms with van der Waals surface area (Å²) in [4.78, 5) is 31.9. The molecule has 0 aromatic heterocycles. The molecule has 25 heavy (non-hydrogen) atoms. The number of nitrogens with zero attached hydrogens (tertiary/aromatic N) is 2. The van der Waals surface area contributed by atoms with Gasteiger partial charge in [0.15, 0.2) is 6.10 Å². The molecule has 2 heterocycles. The largest absolute Gasteiger partial charge is 0.283 e. The first-order valence-corrected chi connectivity index (χ1v) is 8.22. The summed E-state index contributed by atoms with van der Waals surface area (Å²) in [6.45, 7) is 0. The first kappa shape index (κ1) is 15.6. The van der Waals surface area contributed by atoms with Crippen molar-refractivity contribution >= 4 is 23.6 Å². The molecule has 126 valence electrons. The molecule has 0 radical (unpaired) electrons. The van der Waals surface area contributed by atoms with E-state index in [0.717, 1.165) is 11.3 Å². The summed E-state index contributed by atoms with van der Waals surface area (Å²) in [5.41, 5.74) is 1.85. The van der Waals surface area contributed by atoms with Crippen molar-refractivity contribution in [1.82, 2.24) is 4.90 Å². The van der Waals surface area contributed by atoms with Crippen molar-refractivity contribution in [3.63, 3.8) is 0 Å². The Kier molecular flexibility index (Phi) is 3.86. The molecule has 2 amide bonds. The van der Waals surface area contributed by atoms with Gasteiger partial charge in [-0.15, -0.1) is 0 Å². The highest BCUT2D eigenvalue weighted by atomic mass is 16.7. The fourth-order valence-corrected chi connectivity index (χ4v) is 3.36. The highest BCUT2D eigenvalue weighted by Gasteiger charge is 2.57. The lowest BCUT2D eigenvalue weighted by Gasteiger charge is -2.25. The van der Waals surface area contributed by atoms with E-state index in [-0.39, 0.29) is 17.9 Å². The standard InChI is InChI=1S/C20H18N2O3/c1-21-19(23)17-16(13-12-14-8-4-2-5-9-14)22(25-18(17)20(21)24)15-10-6-3-7-11-15/h2-13,16-18H,1H3/b13-12+. The third-order valence-electron chi connectivity index (χ3n) is 4.68. The molecule has 2 aromatic carbocycles. The maximum Gasteiger partial charge on any atom is 0.261 e. The van der Waals surface area contributed by atoms with E-state index in [1.54, 1.807) is 5.06 Å². The van der Waals surface area contributed by atoms with Crippen molar-refractivity contribution in [3.05, 3.63) is 72.3 Å². The van der Waals surface area contributed by atoms with Gasteiger partial charge in [0, 0.05) is 7.05 Å². The number of likely N-dealkylation sites (N-methyl/N-ethyl adjacent to an activating group) is 1. The molecule has 0 spiro atoms. The molecule has 4 rings (SSSR count). The number of hydroxylamine groups is 1. The van der Waals surface area contributed by atoms with Crippen molar-refractivity contribution in [3.8, 4) is 0 Å². The molecular formula is C20H18N2O3. The monoisotopic (exact) mass is 334 g/mol. The molecule has 2 aliphatic heterocycles. The number of carbonyl (C=O) groups is 2. The molecule has 0 bridgehead atoms. The number of amides is 2. The second-order valence-corrected chi connectivity index (χ2v) is 6.21.